The molecule has 2 aromatic rings. The second kappa shape index (κ2) is 15.5. The second-order valence-corrected chi connectivity index (χ2v) is 15.3. The lowest BCUT2D eigenvalue weighted by atomic mass is 9.85. The van der Waals surface area contributed by atoms with E-state index in [1.165, 1.54) is 4.90 Å². The van der Waals surface area contributed by atoms with Crippen molar-refractivity contribution in [3.05, 3.63) is 66.2 Å². The van der Waals surface area contributed by atoms with E-state index in [2.05, 4.69) is 21.4 Å². The Hall–Kier alpha value is -4.75. The highest BCUT2D eigenvalue weighted by molar-refractivity contribution is 6.38. The molecule has 4 aliphatic rings. The van der Waals surface area contributed by atoms with Gasteiger partial charge in [0.15, 0.2) is 0 Å². The van der Waals surface area contributed by atoms with Gasteiger partial charge < -0.3 is 30.3 Å². The van der Waals surface area contributed by atoms with E-state index in [9.17, 15) is 24.0 Å². The van der Waals surface area contributed by atoms with Gasteiger partial charge in [0.1, 0.15) is 23.8 Å². The highest BCUT2D eigenvalue weighted by atomic mass is 16.7. The van der Waals surface area contributed by atoms with Crippen LogP contribution in [0.2, 0.25) is 0 Å². The number of Topliss-reactive ketones (excluding diaryl/α,β-unsaturated/α-hetero) is 1. The molecule has 0 aromatic heterocycles. The Labute approximate surface area is 304 Å². The molecule has 3 fully saturated rings. The summed E-state index contributed by atoms with van der Waals surface area (Å²) in [6.07, 6.45) is 3.74. The number of alkyl carbamates (subject to hydrolysis) is 1. The van der Waals surface area contributed by atoms with Crippen molar-refractivity contribution < 1.29 is 38.3 Å². The number of hydroxylamine groups is 1. The van der Waals surface area contributed by atoms with Gasteiger partial charge in [0, 0.05) is 24.4 Å². The summed E-state index contributed by atoms with van der Waals surface area (Å²) in [7, 11) is 0. The SMILES string of the molecule is CCC[C@H](NC(=O)[C@@H]1C[C@]2(C=C(c3cccc(-c4ccccc4)c3)NO2)CN1C(=O)[C@@H](NC(=O)O[C@H]1CCOC1)C(C)(C)C)C(=O)C(=O)NC1CC1. The molecule has 1 saturated carbocycles. The van der Waals surface area contributed by atoms with Gasteiger partial charge in [-0.15, -0.1) is 0 Å². The number of nitrogens with one attached hydrogen (secondary N) is 4. The molecule has 278 valence electrons. The summed E-state index contributed by atoms with van der Waals surface area (Å²) in [5, 5.41) is 8.26. The molecule has 3 aliphatic heterocycles. The smallest absolute Gasteiger partial charge is 0.408 e. The number of ketones is 1. The van der Waals surface area contributed by atoms with E-state index in [1.54, 1.807) is 0 Å². The predicted octanol–water partition coefficient (Wildman–Crippen LogP) is 3.63. The van der Waals surface area contributed by atoms with Crippen molar-refractivity contribution >= 4 is 35.3 Å². The fourth-order valence-corrected chi connectivity index (χ4v) is 6.85. The van der Waals surface area contributed by atoms with Crippen molar-refractivity contribution in [3.8, 4) is 11.1 Å². The molecule has 13 nitrogen and oxygen atoms in total. The molecule has 2 aromatic carbocycles. The van der Waals surface area contributed by atoms with Crippen molar-refractivity contribution in [2.45, 2.75) is 102 Å². The lowest BCUT2D eigenvalue weighted by Crippen LogP contribution is -2.59. The maximum Gasteiger partial charge on any atom is 0.408 e. The molecule has 0 radical (unpaired) electrons. The number of hydrogen-bond acceptors (Lipinski definition) is 9. The molecule has 4 N–H and O–H groups in total. The van der Waals surface area contributed by atoms with E-state index in [-0.39, 0.29) is 32.0 Å². The van der Waals surface area contributed by atoms with Gasteiger partial charge in [0.25, 0.3) is 5.91 Å². The first-order valence-corrected chi connectivity index (χ1v) is 18.2. The zero-order valence-electron chi connectivity index (χ0n) is 30.2. The van der Waals surface area contributed by atoms with E-state index >= 15 is 0 Å². The fraction of sp³-hybridized carbons (Fsp3) is 0.513. The minimum atomic E-state index is -1.12. The molecule has 0 bridgehead atoms. The maximum absolute atomic E-state index is 14.6. The highest BCUT2D eigenvalue weighted by Crippen LogP contribution is 2.39. The summed E-state index contributed by atoms with van der Waals surface area (Å²) < 4.78 is 10.9. The topological polar surface area (TPSA) is 164 Å². The molecule has 4 amide bonds. The van der Waals surface area contributed by atoms with Crippen LogP contribution in [0.25, 0.3) is 16.8 Å². The normalized spacial score (nSPS) is 23.7. The van der Waals surface area contributed by atoms with Gasteiger partial charge >= 0.3 is 6.09 Å². The van der Waals surface area contributed by atoms with Crippen LogP contribution in [-0.4, -0.2) is 90.1 Å². The average molecular weight is 716 g/mol. The number of ether oxygens (including phenoxy) is 2. The third-order valence-corrected chi connectivity index (χ3v) is 9.87. The molecule has 2 saturated heterocycles. The minimum absolute atomic E-state index is 0.0201. The lowest BCUT2D eigenvalue weighted by Gasteiger charge is -2.35. The Balaban J connectivity index is 1.28. The fourth-order valence-electron chi connectivity index (χ4n) is 6.85. The van der Waals surface area contributed by atoms with Crippen molar-refractivity contribution in [2.24, 2.45) is 5.41 Å². The first-order valence-electron chi connectivity index (χ1n) is 18.2. The number of carbonyl (C=O) groups excluding carboxylic acids is 5. The molecular formula is C39H49N5O8. The van der Waals surface area contributed by atoms with Crippen LogP contribution in [0.5, 0.6) is 0 Å². The van der Waals surface area contributed by atoms with Gasteiger partial charge in [-0.05, 0) is 47.9 Å². The molecule has 6 rings (SSSR count). The van der Waals surface area contributed by atoms with Crippen LogP contribution >= 0.6 is 0 Å². The van der Waals surface area contributed by atoms with Crippen LogP contribution in [0.4, 0.5) is 4.79 Å². The summed E-state index contributed by atoms with van der Waals surface area (Å²) in [5.41, 5.74) is 4.72. The maximum atomic E-state index is 14.6. The number of benzene rings is 2. The van der Waals surface area contributed by atoms with Crippen molar-refractivity contribution in [1.82, 2.24) is 26.3 Å². The molecule has 1 spiro atoms. The molecular weight excluding hydrogens is 666 g/mol. The number of amides is 4. The lowest BCUT2D eigenvalue weighted by molar-refractivity contribution is -0.144. The summed E-state index contributed by atoms with van der Waals surface area (Å²) in [6.45, 7) is 8.05. The van der Waals surface area contributed by atoms with Gasteiger partial charge in [0.2, 0.25) is 17.6 Å². The van der Waals surface area contributed by atoms with Crippen molar-refractivity contribution in [2.75, 3.05) is 19.8 Å². The third kappa shape index (κ3) is 8.64. The van der Waals surface area contributed by atoms with Gasteiger partial charge in [0.05, 0.1) is 31.5 Å². The number of carbonyl (C=O) groups is 5. The van der Waals surface area contributed by atoms with Gasteiger partial charge in [-0.2, -0.15) is 0 Å². The van der Waals surface area contributed by atoms with Crippen molar-refractivity contribution in [3.63, 3.8) is 0 Å². The Bertz CT molecular complexity index is 1700. The Kier molecular flexibility index (Phi) is 11.0. The van der Waals surface area contributed by atoms with Crippen LogP contribution in [0.3, 0.4) is 0 Å². The Morgan fingerprint density at radius 3 is 2.38 bits per heavy atom. The summed E-state index contributed by atoms with van der Waals surface area (Å²) in [5.74, 6) is -2.55. The zero-order valence-corrected chi connectivity index (χ0v) is 30.2. The van der Waals surface area contributed by atoms with Gasteiger partial charge in [-0.25, -0.2) is 4.79 Å². The minimum Gasteiger partial charge on any atom is -0.444 e. The number of hydrogen-bond donors (Lipinski definition) is 4. The standard InChI is InChI=1S/C39H49N5O8/c1-5-10-29(32(45)35(47)40-27-15-16-27)41-34(46)31-21-39(20-30(43-52-39)26-14-9-13-25(19-26)24-11-7-6-8-12-24)23-44(31)36(48)33(38(2,3)4)42-37(49)51-28-17-18-50-22-28/h6-9,11-14,19-20,27-29,31,33,43H,5,10,15-18,21-23H2,1-4H3,(H,40,47)(H,41,46)(H,42,49)/t28-,29-,31-,33+,39+/m0/s1. The van der Waals surface area contributed by atoms with Crippen LogP contribution in [0, 0.1) is 5.41 Å². The second-order valence-electron chi connectivity index (χ2n) is 15.3. The molecule has 52 heavy (non-hydrogen) atoms. The van der Waals surface area contributed by atoms with Crippen LogP contribution in [0.1, 0.15) is 71.8 Å². The third-order valence-electron chi connectivity index (χ3n) is 9.87. The predicted molar refractivity (Wildman–Crippen MR) is 192 cm³/mol. The van der Waals surface area contributed by atoms with Crippen LogP contribution in [-0.2, 0) is 33.5 Å². The molecule has 3 heterocycles. The van der Waals surface area contributed by atoms with E-state index in [0.29, 0.717) is 25.1 Å². The van der Waals surface area contributed by atoms with Crippen LogP contribution in [0.15, 0.2) is 60.7 Å². The molecule has 5 atom stereocenters. The summed E-state index contributed by atoms with van der Waals surface area (Å²) in [4.78, 5) is 75.4. The Morgan fingerprint density at radius 2 is 1.71 bits per heavy atom. The highest BCUT2D eigenvalue weighted by Gasteiger charge is 2.54. The number of likely N-dealkylation sites (tertiary alicyclic amines) is 1. The molecule has 0 unspecified atom stereocenters. The van der Waals surface area contributed by atoms with E-state index < -0.39 is 64.8 Å². The van der Waals surface area contributed by atoms with E-state index in [0.717, 1.165) is 29.5 Å². The quantitative estimate of drug-likeness (QED) is 0.240. The Morgan fingerprint density at radius 1 is 0.981 bits per heavy atom. The number of rotatable bonds is 12. The first-order chi connectivity index (χ1) is 24.9. The van der Waals surface area contributed by atoms with E-state index in [4.69, 9.17) is 14.3 Å². The summed E-state index contributed by atoms with van der Waals surface area (Å²) in [6, 6.07) is 14.7. The molecule has 13 heteroatoms. The largest absolute Gasteiger partial charge is 0.444 e. The average Bonchev–Trinajstić information content (AvgIpc) is 3.46. The van der Waals surface area contributed by atoms with E-state index in [1.807, 2.05) is 88.4 Å². The van der Waals surface area contributed by atoms with Crippen LogP contribution < -0.4 is 21.4 Å². The molecule has 1 aliphatic carbocycles. The summed E-state index contributed by atoms with van der Waals surface area (Å²) >= 11 is 0. The first kappa shape index (κ1) is 37.0. The number of nitrogens with zero attached hydrogens (tertiary/aromatic N) is 1. The van der Waals surface area contributed by atoms with Gasteiger partial charge in [-0.1, -0.05) is 82.6 Å². The van der Waals surface area contributed by atoms with Crippen molar-refractivity contribution in [1.29, 1.82) is 0 Å². The zero-order chi connectivity index (χ0) is 37.0. The monoisotopic (exact) mass is 715 g/mol. The van der Waals surface area contributed by atoms with Gasteiger partial charge in [-0.3, -0.25) is 29.5 Å².